The van der Waals surface area contributed by atoms with Crippen LogP contribution >= 0.6 is 23.2 Å². The van der Waals surface area contributed by atoms with Gasteiger partial charge in [-0.2, -0.15) is 0 Å². The summed E-state index contributed by atoms with van der Waals surface area (Å²) >= 11 is 12.0. The van der Waals surface area contributed by atoms with Gasteiger partial charge in [-0.25, -0.2) is 0 Å². The lowest BCUT2D eigenvalue weighted by Crippen LogP contribution is -2.18. The van der Waals surface area contributed by atoms with Crippen LogP contribution in [-0.4, -0.2) is 0 Å². The molecule has 1 N–H and O–H groups in total. The highest BCUT2D eigenvalue weighted by Gasteiger charge is 2.07. The van der Waals surface area contributed by atoms with Gasteiger partial charge in [0.05, 0.1) is 10.0 Å². The molecule has 0 radical (unpaired) electrons. The lowest BCUT2D eigenvalue weighted by atomic mass is 10.1. The number of nitrogens with one attached hydrogen (secondary N) is 1. The molecule has 0 bridgehead atoms. The molecule has 0 aliphatic carbocycles. The summed E-state index contributed by atoms with van der Waals surface area (Å²) in [6.45, 7) is 5.09. The molecule has 0 aliphatic rings. The first-order chi connectivity index (χ1) is 9.08. The van der Waals surface area contributed by atoms with E-state index in [4.69, 9.17) is 23.2 Å². The van der Waals surface area contributed by atoms with Gasteiger partial charge >= 0.3 is 0 Å². The van der Waals surface area contributed by atoms with Crippen molar-refractivity contribution in [1.29, 1.82) is 0 Å². The van der Waals surface area contributed by atoms with Crippen LogP contribution in [0.3, 0.4) is 0 Å². The molecule has 0 saturated carbocycles. The SMILES string of the molecule is Cc1ccccc1CNC(C)c1ccc(Cl)c(Cl)c1. The fourth-order valence-corrected chi connectivity index (χ4v) is 2.28. The van der Waals surface area contributed by atoms with Gasteiger partial charge in [0.15, 0.2) is 0 Å². The zero-order chi connectivity index (χ0) is 13.8. The minimum atomic E-state index is 0.231. The maximum absolute atomic E-state index is 6.04. The summed E-state index contributed by atoms with van der Waals surface area (Å²) in [6, 6.07) is 14.4. The summed E-state index contributed by atoms with van der Waals surface area (Å²) in [7, 11) is 0. The van der Waals surface area contributed by atoms with Gasteiger partial charge in [0.2, 0.25) is 0 Å². The predicted molar refractivity (Wildman–Crippen MR) is 82.9 cm³/mol. The van der Waals surface area contributed by atoms with Crippen molar-refractivity contribution >= 4 is 23.2 Å². The van der Waals surface area contributed by atoms with Gasteiger partial charge in [0.1, 0.15) is 0 Å². The van der Waals surface area contributed by atoms with Crippen LogP contribution in [0.15, 0.2) is 42.5 Å². The van der Waals surface area contributed by atoms with Gasteiger partial charge in [-0.05, 0) is 42.7 Å². The molecule has 0 aromatic heterocycles. The van der Waals surface area contributed by atoms with Crippen LogP contribution in [0.1, 0.15) is 29.7 Å². The van der Waals surface area contributed by atoms with Crippen molar-refractivity contribution in [2.45, 2.75) is 26.4 Å². The average Bonchev–Trinajstić information content (AvgIpc) is 2.40. The van der Waals surface area contributed by atoms with Crippen molar-refractivity contribution in [1.82, 2.24) is 5.32 Å². The molecule has 19 heavy (non-hydrogen) atoms. The van der Waals surface area contributed by atoms with E-state index >= 15 is 0 Å². The van der Waals surface area contributed by atoms with Crippen molar-refractivity contribution in [3.05, 3.63) is 69.2 Å². The maximum atomic E-state index is 6.04. The molecular weight excluding hydrogens is 277 g/mol. The van der Waals surface area contributed by atoms with E-state index in [-0.39, 0.29) is 6.04 Å². The Morgan fingerprint density at radius 2 is 1.79 bits per heavy atom. The monoisotopic (exact) mass is 293 g/mol. The van der Waals surface area contributed by atoms with Gasteiger partial charge in [0, 0.05) is 12.6 Å². The second-order valence-corrected chi connectivity index (χ2v) is 5.52. The van der Waals surface area contributed by atoms with Gasteiger partial charge in [-0.1, -0.05) is 53.5 Å². The normalized spacial score (nSPS) is 12.4. The zero-order valence-electron chi connectivity index (χ0n) is 11.1. The Labute approximate surface area is 124 Å². The first kappa shape index (κ1) is 14.4. The van der Waals surface area contributed by atoms with Gasteiger partial charge < -0.3 is 5.32 Å². The molecule has 0 amide bonds. The smallest absolute Gasteiger partial charge is 0.0595 e. The highest BCUT2D eigenvalue weighted by Crippen LogP contribution is 2.25. The standard InChI is InChI=1S/C16H17Cl2N/c1-11-5-3-4-6-14(11)10-19-12(2)13-7-8-15(17)16(18)9-13/h3-9,12,19H,10H2,1-2H3. The minimum absolute atomic E-state index is 0.231. The number of rotatable bonds is 4. The Morgan fingerprint density at radius 3 is 2.47 bits per heavy atom. The molecule has 1 nitrogen and oxygen atoms in total. The Kier molecular flexibility index (Phi) is 4.87. The van der Waals surface area contributed by atoms with Gasteiger partial charge in [0.25, 0.3) is 0 Å². The van der Waals surface area contributed by atoms with E-state index < -0.39 is 0 Å². The Bertz CT molecular complexity index is 566. The van der Waals surface area contributed by atoms with E-state index in [9.17, 15) is 0 Å². The number of aryl methyl sites for hydroxylation is 1. The lowest BCUT2D eigenvalue weighted by Gasteiger charge is -2.16. The maximum Gasteiger partial charge on any atom is 0.0595 e. The van der Waals surface area contributed by atoms with Crippen LogP contribution in [0.4, 0.5) is 0 Å². The highest BCUT2D eigenvalue weighted by molar-refractivity contribution is 6.42. The number of benzene rings is 2. The number of hydrogen-bond donors (Lipinski definition) is 1. The minimum Gasteiger partial charge on any atom is -0.306 e. The van der Waals surface area contributed by atoms with E-state index in [1.165, 1.54) is 11.1 Å². The molecule has 0 heterocycles. The third-order valence-corrected chi connectivity index (χ3v) is 4.04. The molecule has 2 rings (SSSR count). The van der Waals surface area contributed by atoms with Gasteiger partial charge in [-0.3, -0.25) is 0 Å². The first-order valence-corrected chi connectivity index (χ1v) is 7.06. The van der Waals surface area contributed by atoms with Crippen molar-refractivity contribution < 1.29 is 0 Å². The summed E-state index contributed by atoms with van der Waals surface area (Å²) in [4.78, 5) is 0. The van der Waals surface area contributed by atoms with E-state index in [0.29, 0.717) is 10.0 Å². The van der Waals surface area contributed by atoms with Gasteiger partial charge in [-0.15, -0.1) is 0 Å². The molecule has 0 aliphatic heterocycles. The molecule has 1 atom stereocenters. The lowest BCUT2D eigenvalue weighted by molar-refractivity contribution is 0.573. The Morgan fingerprint density at radius 1 is 1.05 bits per heavy atom. The Balaban J connectivity index is 2.03. The van der Waals surface area contributed by atoms with Crippen molar-refractivity contribution in [2.24, 2.45) is 0 Å². The second kappa shape index (κ2) is 6.42. The van der Waals surface area contributed by atoms with E-state index in [2.05, 4.69) is 43.4 Å². The van der Waals surface area contributed by atoms with Crippen molar-refractivity contribution in [2.75, 3.05) is 0 Å². The quantitative estimate of drug-likeness (QED) is 0.822. The van der Waals surface area contributed by atoms with E-state index in [1.807, 2.05) is 18.2 Å². The third-order valence-electron chi connectivity index (χ3n) is 3.30. The summed E-state index contributed by atoms with van der Waals surface area (Å²) in [5.41, 5.74) is 3.76. The average molecular weight is 294 g/mol. The van der Waals surface area contributed by atoms with Crippen LogP contribution in [0.25, 0.3) is 0 Å². The van der Waals surface area contributed by atoms with Crippen LogP contribution in [0, 0.1) is 6.92 Å². The molecule has 0 saturated heterocycles. The Hall–Kier alpha value is -1.02. The van der Waals surface area contributed by atoms with E-state index in [0.717, 1.165) is 12.1 Å². The van der Waals surface area contributed by atoms with Crippen LogP contribution < -0.4 is 5.32 Å². The summed E-state index contributed by atoms with van der Waals surface area (Å²) < 4.78 is 0. The predicted octanol–water partition coefficient (Wildman–Crippen LogP) is 5.15. The van der Waals surface area contributed by atoms with E-state index in [1.54, 1.807) is 0 Å². The molecular formula is C16H17Cl2N. The molecule has 1 unspecified atom stereocenters. The molecule has 3 heteroatoms. The molecule has 0 spiro atoms. The van der Waals surface area contributed by atoms with Crippen molar-refractivity contribution in [3.8, 4) is 0 Å². The van der Waals surface area contributed by atoms with Crippen molar-refractivity contribution in [3.63, 3.8) is 0 Å². The topological polar surface area (TPSA) is 12.0 Å². The zero-order valence-corrected chi connectivity index (χ0v) is 12.6. The molecule has 2 aromatic rings. The number of halogens is 2. The molecule has 100 valence electrons. The molecule has 2 aromatic carbocycles. The van der Waals surface area contributed by atoms with Crippen LogP contribution in [0.2, 0.25) is 10.0 Å². The summed E-state index contributed by atoms with van der Waals surface area (Å²) in [6.07, 6.45) is 0. The summed E-state index contributed by atoms with van der Waals surface area (Å²) in [5.74, 6) is 0. The number of hydrogen-bond acceptors (Lipinski definition) is 1. The summed E-state index contributed by atoms with van der Waals surface area (Å²) in [5, 5.41) is 4.70. The van der Waals surface area contributed by atoms with Crippen LogP contribution in [0.5, 0.6) is 0 Å². The second-order valence-electron chi connectivity index (χ2n) is 4.70. The first-order valence-electron chi connectivity index (χ1n) is 6.31. The fourth-order valence-electron chi connectivity index (χ4n) is 1.97. The van der Waals surface area contributed by atoms with Crippen LogP contribution in [-0.2, 0) is 6.54 Å². The highest BCUT2D eigenvalue weighted by atomic mass is 35.5. The third kappa shape index (κ3) is 3.73. The largest absolute Gasteiger partial charge is 0.306 e. The fraction of sp³-hybridized carbons (Fsp3) is 0.250. The molecule has 0 fully saturated rings.